The third kappa shape index (κ3) is 5.49. The minimum Gasteiger partial charge on any atom is -0.478 e. The maximum atomic E-state index is 11.3. The average molecular weight is 268 g/mol. The molecule has 1 aromatic heterocycles. The lowest BCUT2D eigenvalue weighted by Crippen LogP contribution is -2.35. The highest BCUT2D eigenvalue weighted by atomic mass is 32.1. The molecule has 0 radical (unpaired) electrons. The number of carbonyl (C=O) groups excluding carboxylic acids is 1. The Morgan fingerprint density at radius 3 is 2.89 bits per heavy atom. The predicted octanol–water partition coefficient (Wildman–Crippen LogP) is 2.06. The van der Waals surface area contributed by atoms with Gasteiger partial charge in [-0.2, -0.15) is 0 Å². The fourth-order valence-electron chi connectivity index (χ4n) is 1.21. The second-order valence-corrected chi connectivity index (χ2v) is 4.62. The molecule has 0 saturated heterocycles. The number of aliphatic carboxylic acids is 1. The van der Waals surface area contributed by atoms with Crippen molar-refractivity contribution < 1.29 is 14.7 Å². The van der Waals surface area contributed by atoms with E-state index < -0.39 is 5.97 Å². The largest absolute Gasteiger partial charge is 0.478 e. The summed E-state index contributed by atoms with van der Waals surface area (Å²) in [5.74, 6) is -0.972. The van der Waals surface area contributed by atoms with Crippen molar-refractivity contribution in [2.75, 3.05) is 6.54 Å². The summed E-state index contributed by atoms with van der Waals surface area (Å²) in [5, 5.41) is 15.8. The zero-order chi connectivity index (χ0) is 13.4. The molecule has 0 bridgehead atoms. The van der Waals surface area contributed by atoms with E-state index in [1.807, 2.05) is 18.4 Å². The van der Waals surface area contributed by atoms with Crippen molar-refractivity contribution in [1.29, 1.82) is 0 Å². The summed E-state index contributed by atoms with van der Waals surface area (Å²) in [6.07, 6.45) is 3.52. The highest BCUT2D eigenvalue weighted by Crippen LogP contribution is 2.15. The van der Waals surface area contributed by atoms with Crippen LogP contribution in [0, 0.1) is 0 Å². The number of hydrogen-bond acceptors (Lipinski definition) is 3. The predicted molar refractivity (Wildman–Crippen MR) is 71.5 cm³/mol. The van der Waals surface area contributed by atoms with Crippen molar-refractivity contribution in [2.24, 2.45) is 0 Å². The molecule has 98 valence electrons. The molecule has 0 fully saturated rings. The van der Waals surface area contributed by atoms with Crippen molar-refractivity contribution >= 4 is 29.4 Å². The Balaban J connectivity index is 2.39. The summed E-state index contributed by atoms with van der Waals surface area (Å²) in [4.78, 5) is 22.6. The van der Waals surface area contributed by atoms with Crippen LogP contribution in [0.25, 0.3) is 6.08 Å². The number of nitrogens with one attached hydrogen (secondary N) is 2. The van der Waals surface area contributed by atoms with Crippen LogP contribution in [-0.2, 0) is 11.3 Å². The zero-order valence-corrected chi connectivity index (χ0v) is 10.9. The summed E-state index contributed by atoms with van der Waals surface area (Å²) in [7, 11) is 0. The molecule has 1 aromatic rings. The lowest BCUT2D eigenvalue weighted by Gasteiger charge is -2.04. The van der Waals surface area contributed by atoms with Gasteiger partial charge in [0.2, 0.25) is 0 Å². The molecule has 0 unspecified atom stereocenters. The Labute approximate surface area is 110 Å². The minimum absolute atomic E-state index is 0.187. The summed E-state index contributed by atoms with van der Waals surface area (Å²) in [6.45, 7) is 3.09. The van der Waals surface area contributed by atoms with E-state index in [0.717, 1.165) is 22.9 Å². The van der Waals surface area contributed by atoms with E-state index in [1.54, 1.807) is 0 Å². The molecule has 0 aliphatic carbocycles. The van der Waals surface area contributed by atoms with E-state index in [4.69, 9.17) is 5.11 Å². The molecule has 1 heterocycles. The van der Waals surface area contributed by atoms with Gasteiger partial charge in [-0.1, -0.05) is 6.92 Å². The maximum Gasteiger partial charge on any atom is 0.328 e. The number of thiophene rings is 1. The van der Waals surface area contributed by atoms with Gasteiger partial charge in [-0.25, -0.2) is 9.59 Å². The second kappa shape index (κ2) is 7.50. The second-order valence-electron chi connectivity index (χ2n) is 3.63. The molecule has 0 atom stereocenters. The van der Waals surface area contributed by atoms with Gasteiger partial charge in [0.05, 0.1) is 6.54 Å². The number of hydrogen-bond donors (Lipinski definition) is 3. The molecule has 5 nitrogen and oxygen atoms in total. The molecule has 3 N–H and O–H groups in total. The Morgan fingerprint density at radius 1 is 1.44 bits per heavy atom. The first-order valence-electron chi connectivity index (χ1n) is 5.62. The maximum absolute atomic E-state index is 11.3. The van der Waals surface area contributed by atoms with Crippen LogP contribution in [0.15, 0.2) is 17.5 Å². The van der Waals surface area contributed by atoms with Crippen LogP contribution < -0.4 is 10.6 Å². The molecule has 1 rings (SSSR count). The van der Waals surface area contributed by atoms with Gasteiger partial charge in [-0.15, -0.1) is 11.3 Å². The smallest absolute Gasteiger partial charge is 0.328 e. The Bertz CT molecular complexity index is 440. The van der Waals surface area contributed by atoms with Crippen molar-refractivity contribution in [3.05, 3.63) is 28.0 Å². The molecular formula is C12H16N2O3S. The minimum atomic E-state index is -0.972. The van der Waals surface area contributed by atoms with E-state index in [1.165, 1.54) is 17.4 Å². The third-order valence-corrected chi connectivity index (χ3v) is 3.01. The number of carboxylic acid groups (broad SMARTS) is 1. The van der Waals surface area contributed by atoms with Crippen LogP contribution in [0.4, 0.5) is 4.79 Å². The molecule has 6 heteroatoms. The molecule has 0 aliphatic rings. The van der Waals surface area contributed by atoms with Crippen LogP contribution in [0.3, 0.4) is 0 Å². The van der Waals surface area contributed by atoms with Crippen LogP contribution >= 0.6 is 11.3 Å². The van der Waals surface area contributed by atoms with Gasteiger partial charge >= 0.3 is 12.0 Å². The lowest BCUT2D eigenvalue weighted by atomic mass is 10.3. The van der Waals surface area contributed by atoms with Gasteiger partial charge < -0.3 is 15.7 Å². The Kier molecular flexibility index (Phi) is 5.93. The highest BCUT2D eigenvalue weighted by Gasteiger charge is 2.01. The number of amides is 2. The highest BCUT2D eigenvalue weighted by molar-refractivity contribution is 7.10. The van der Waals surface area contributed by atoms with E-state index in [-0.39, 0.29) is 6.03 Å². The van der Waals surface area contributed by atoms with Gasteiger partial charge in [0.15, 0.2) is 0 Å². The van der Waals surface area contributed by atoms with Crippen LogP contribution in [0.2, 0.25) is 0 Å². The van der Waals surface area contributed by atoms with E-state index in [0.29, 0.717) is 13.1 Å². The first-order valence-corrected chi connectivity index (χ1v) is 6.50. The molecule has 0 aliphatic heterocycles. The van der Waals surface area contributed by atoms with E-state index in [9.17, 15) is 9.59 Å². The number of rotatable bonds is 6. The topological polar surface area (TPSA) is 78.4 Å². The van der Waals surface area contributed by atoms with Gasteiger partial charge in [0.1, 0.15) is 0 Å². The molecule has 0 aromatic carbocycles. The number of urea groups is 1. The van der Waals surface area contributed by atoms with Gasteiger partial charge in [-0.05, 0) is 29.5 Å². The standard InChI is InChI=1S/C12H16N2O3S/c1-2-5-13-12(17)14-7-10-6-9(8-18-10)3-4-11(15)16/h3-4,6,8H,2,5,7H2,1H3,(H,15,16)(H2,13,14,17). The van der Waals surface area contributed by atoms with Gasteiger partial charge in [0.25, 0.3) is 0 Å². The van der Waals surface area contributed by atoms with Gasteiger partial charge in [-0.3, -0.25) is 0 Å². The van der Waals surface area contributed by atoms with Crippen LogP contribution in [0.1, 0.15) is 23.8 Å². The Hall–Kier alpha value is -1.82. The molecule has 0 saturated carbocycles. The summed E-state index contributed by atoms with van der Waals surface area (Å²) in [5.41, 5.74) is 0.827. The van der Waals surface area contributed by atoms with Crippen molar-refractivity contribution in [2.45, 2.75) is 19.9 Å². The third-order valence-electron chi connectivity index (χ3n) is 2.05. The van der Waals surface area contributed by atoms with Crippen LogP contribution in [0.5, 0.6) is 0 Å². The lowest BCUT2D eigenvalue weighted by molar-refractivity contribution is -0.131. The monoisotopic (exact) mass is 268 g/mol. The normalized spacial score (nSPS) is 10.5. The molecule has 0 spiro atoms. The average Bonchev–Trinajstić information content (AvgIpc) is 2.79. The van der Waals surface area contributed by atoms with Crippen molar-refractivity contribution in [3.8, 4) is 0 Å². The zero-order valence-electron chi connectivity index (χ0n) is 10.1. The van der Waals surface area contributed by atoms with E-state index in [2.05, 4.69) is 10.6 Å². The number of carbonyl (C=O) groups is 2. The van der Waals surface area contributed by atoms with Gasteiger partial charge in [0, 0.05) is 17.5 Å². The fraction of sp³-hybridized carbons (Fsp3) is 0.333. The first-order chi connectivity index (χ1) is 8.61. The summed E-state index contributed by atoms with van der Waals surface area (Å²) >= 11 is 1.48. The SMILES string of the molecule is CCCNC(=O)NCc1cc(C=CC(=O)O)cs1. The molecule has 18 heavy (non-hydrogen) atoms. The number of carboxylic acids is 1. The fourth-order valence-corrected chi connectivity index (χ4v) is 2.01. The summed E-state index contributed by atoms with van der Waals surface area (Å²) in [6, 6.07) is 1.66. The van der Waals surface area contributed by atoms with E-state index >= 15 is 0 Å². The van der Waals surface area contributed by atoms with Crippen molar-refractivity contribution in [3.63, 3.8) is 0 Å². The summed E-state index contributed by atoms with van der Waals surface area (Å²) < 4.78 is 0. The molecule has 2 amide bonds. The molecular weight excluding hydrogens is 252 g/mol. The first kappa shape index (κ1) is 14.2. The van der Waals surface area contributed by atoms with Crippen LogP contribution in [-0.4, -0.2) is 23.7 Å². The van der Waals surface area contributed by atoms with Crippen molar-refractivity contribution in [1.82, 2.24) is 10.6 Å². The Morgan fingerprint density at radius 2 is 2.22 bits per heavy atom. The quantitative estimate of drug-likeness (QED) is 0.691.